The summed E-state index contributed by atoms with van der Waals surface area (Å²) in [6.07, 6.45) is 1.17. The predicted molar refractivity (Wildman–Crippen MR) is 83.4 cm³/mol. The van der Waals surface area contributed by atoms with E-state index in [9.17, 15) is 0 Å². The second kappa shape index (κ2) is 8.51. The quantitative estimate of drug-likeness (QED) is 0.734. The zero-order valence-corrected chi connectivity index (χ0v) is 12.1. The molecule has 0 aliphatic carbocycles. The number of hydrogen-bond donors (Lipinski definition) is 1. The van der Waals surface area contributed by atoms with E-state index in [0.717, 1.165) is 13.1 Å². The van der Waals surface area contributed by atoms with Crippen LogP contribution < -0.4 is 5.32 Å². The van der Waals surface area contributed by atoms with Crippen LogP contribution in [0.5, 0.6) is 0 Å². The molecule has 20 heavy (non-hydrogen) atoms. The average Bonchev–Trinajstić information content (AvgIpc) is 2.49. The van der Waals surface area contributed by atoms with Crippen LogP contribution in [0.15, 0.2) is 54.6 Å². The normalized spacial score (nSPS) is 10.7. The third-order valence-corrected chi connectivity index (χ3v) is 3.13. The summed E-state index contributed by atoms with van der Waals surface area (Å²) in [7, 11) is 0. The van der Waals surface area contributed by atoms with Crippen molar-refractivity contribution in [3.8, 4) is 0 Å². The van der Waals surface area contributed by atoms with E-state index in [1.165, 1.54) is 23.1 Å². The minimum absolute atomic E-state index is 0.663. The van der Waals surface area contributed by atoms with Crippen LogP contribution in [0.1, 0.15) is 30.0 Å². The molecule has 2 nitrogen and oxygen atoms in total. The van der Waals surface area contributed by atoms with E-state index in [4.69, 9.17) is 4.74 Å². The Kier molecular flexibility index (Phi) is 6.28. The van der Waals surface area contributed by atoms with Gasteiger partial charge < -0.3 is 10.1 Å². The van der Waals surface area contributed by atoms with Gasteiger partial charge in [0.05, 0.1) is 13.2 Å². The molecule has 0 radical (unpaired) electrons. The Morgan fingerprint density at radius 2 is 1.55 bits per heavy atom. The van der Waals surface area contributed by atoms with Gasteiger partial charge in [0.2, 0.25) is 0 Å². The lowest BCUT2D eigenvalue weighted by molar-refractivity contribution is 0.107. The van der Waals surface area contributed by atoms with E-state index in [1.54, 1.807) is 0 Å². The van der Waals surface area contributed by atoms with Gasteiger partial charge >= 0.3 is 0 Å². The molecule has 0 spiro atoms. The molecule has 2 rings (SSSR count). The Morgan fingerprint density at radius 3 is 2.35 bits per heavy atom. The van der Waals surface area contributed by atoms with Gasteiger partial charge in [0.1, 0.15) is 0 Å². The van der Waals surface area contributed by atoms with Crippen LogP contribution in [0.2, 0.25) is 0 Å². The van der Waals surface area contributed by atoms with Crippen LogP contribution in [0.25, 0.3) is 0 Å². The minimum Gasteiger partial charge on any atom is -0.372 e. The Hall–Kier alpha value is -1.64. The maximum Gasteiger partial charge on any atom is 0.0721 e. The highest BCUT2D eigenvalue weighted by molar-refractivity contribution is 5.23. The second-order valence-electron chi connectivity index (χ2n) is 4.98. The molecule has 0 fully saturated rings. The van der Waals surface area contributed by atoms with Crippen molar-refractivity contribution in [3.63, 3.8) is 0 Å². The molecule has 0 atom stereocenters. The molecular formula is C18H23NO. The van der Waals surface area contributed by atoms with E-state index in [2.05, 4.69) is 48.6 Å². The Morgan fingerprint density at radius 1 is 0.850 bits per heavy atom. The maximum atomic E-state index is 5.77. The molecule has 1 N–H and O–H groups in total. The minimum atomic E-state index is 0.663. The summed E-state index contributed by atoms with van der Waals surface area (Å²) in [6.45, 7) is 5.51. The van der Waals surface area contributed by atoms with Gasteiger partial charge in [-0.25, -0.2) is 0 Å². The van der Waals surface area contributed by atoms with Crippen molar-refractivity contribution in [1.82, 2.24) is 5.32 Å². The molecule has 0 saturated heterocycles. The van der Waals surface area contributed by atoms with Gasteiger partial charge in [-0.15, -0.1) is 0 Å². The smallest absolute Gasteiger partial charge is 0.0721 e. The van der Waals surface area contributed by atoms with Gasteiger partial charge in [-0.3, -0.25) is 0 Å². The van der Waals surface area contributed by atoms with Crippen LogP contribution in [0.3, 0.4) is 0 Å². The summed E-state index contributed by atoms with van der Waals surface area (Å²) in [5.74, 6) is 0. The zero-order chi connectivity index (χ0) is 14.0. The molecule has 0 saturated carbocycles. The molecule has 2 aromatic carbocycles. The topological polar surface area (TPSA) is 21.3 Å². The molecule has 0 heterocycles. The Bertz CT molecular complexity index is 496. The fourth-order valence-electron chi connectivity index (χ4n) is 2.10. The van der Waals surface area contributed by atoms with Gasteiger partial charge in [-0.1, -0.05) is 61.5 Å². The predicted octanol–water partition coefficient (Wildman–Crippen LogP) is 3.90. The first-order chi connectivity index (χ1) is 9.88. The standard InChI is InChI=1S/C18H23NO/c1-2-11-19-13-17-9-6-10-18(12-17)15-20-14-16-7-4-3-5-8-16/h3-10,12,19H,2,11,13-15H2,1H3. The zero-order valence-electron chi connectivity index (χ0n) is 12.1. The molecule has 0 amide bonds. The lowest BCUT2D eigenvalue weighted by Crippen LogP contribution is -2.13. The first kappa shape index (κ1) is 14.8. The highest BCUT2D eigenvalue weighted by Gasteiger charge is 1.97. The van der Waals surface area contributed by atoms with E-state index >= 15 is 0 Å². The lowest BCUT2D eigenvalue weighted by Gasteiger charge is -2.07. The van der Waals surface area contributed by atoms with Crippen LogP contribution in [-0.4, -0.2) is 6.54 Å². The molecule has 0 aliphatic rings. The fourth-order valence-corrected chi connectivity index (χ4v) is 2.10. The molecule has 2 heteroatoms. The average molecular weight is 269 g/mol. The third kappa shape index (κ3) is 5.16. The van der Waals surface area contributed by atoms with Crippen LogP contribution in [0.4, 0.5) is 0 Å². The summed E-state index contributed by atoms with van der Waals surface area (Å²) in [5, 5.41) is 3.42. The molecule has 2 aromatic rings. The molecule has 0 aliphatic heterocycles. The highest BCUT2D eigenvalue weighted by atomic mass is 16.5. The summed E-state index contributed by atoms with van der Waals surface area (Å²) in [4.78, 5) is 0. The summed E-state index contributed by atoms with van der Waals surface area (Å²) >= 11 is 0. The monoisotopic (exact) mass is 269 g/mol. The molecule has 0 unspecified atom stereocenters. The van der Waals surface area contributed by atoms with Crippen molar-refractivity contribution in [2.75, 3.05) is 6.54 Å². The molecule has 0 aromatic heterocycles. The summed E-state index contributed by atoms with van der Waals surface area (Å²) < 4.78 is 5.77. The Labute approximate surface area is 121 Å². The largest absolute Gasteiger partial charge is 0.372 e. The fraction of sp³-hybridized carbons (Fsp3) is 0.333. The number of rotatable bonds is 8. The number of benzene rings is 2. The number of hydrogen-bond acceptors (Lipinski definition) is 2. The number of ether oxygens (including phenoxy) is 1. The molecule has 0 bridgehead atoms. The van der Waals surface area contributed by atoms with Crippen molar-refractivity contribution in [2.45, 2.75) is 33.1 Å². The van der Waals surface area contributed by atoms with Crippen molar-refractivity contribution in [1.29, 1.82) is 0 Å². The SMILES string of the molecule is CCCNCc1cccc(COCc2ccccc2)c1. The van der Waals surface area contributed by atoms with Gasteiger partial charge in [0.25, 0.3) is 0 Å². The van der Waals surface area contributed by atoms with Crippen LogP contribution in [-0.2, 0) is 24.5 Å². The van der Waals surface area contributed by atoms with Crippen molar-refractivity contribution in [3.05, 3.63) is 71.3 Å². The van der Waals surface area contributed by atoms with E-state index in [-0.39, 0.29) is 0 Å². The van der Waals surface area contributed by atoms with Crippen LogP contribution in [0, 0.1) is 0 Å². The van der Waals surface area contributed by atoms with E-state index < -0.39 is 0 Å². The third-order valence-electron chi connectivity index (χ3n) is 3.13. The van der Waals surface area contributed by atoms with E-state index in [1.807, 2.05) is 18.2 Å². The lowest BCUT2D eigenvalue weighted by atomic mass is 10.1. The molecular weight excluding hydrogens is 246 g/mol. The maximum absolute atomic E-state index is 5.77. The van der Waals surface area contributed by atoms with Gasteiger partial charge in [-0.05, 0) is 29.7 Å². The summed E-state index contributed by atoms with van der Waals surface area (Å²) in [6, 6.07) is 18.9. The first-order valence-corrected chi connectivity index (χ1v) is 7.28. The van der Waals surface area contributed by atoms with Gasteiger partial charge in [0, 0.05) is 6.54 Å². The van der Waals surface area contributed by atoms with Gasteiger partial charge in [-0.2, -0.15) is 0 Å². The van der Waals surface area contributed by atoms with E-state index in [0.29, 0.717) is 13.2 Å². The van der Waals surface area contributed by atoms with Crippen LogP contribution >= 0.6 is 0 Å². The number of nitrogens with one attached hydrogen (secondary N) is 1. The first-order valence-electron chi connectivity index (χ1n) is 7.28. The van der Waals surface area contributed by atoms with Crippen molar-refractivity contribution < 1.29 is 4.74 Å². The highest BCUT2D eigenvalue weighted by Crippen LogP contribution is 2.08. The second-order valence-corrected chi connectivity index (χ2v) is 4.98. The Balaban J connectivity index is 1.79. The van der Waals surface area contributed by atoms with Crippen molar-refractivity contribution in [2.24, 2.45) is 0 Å². The summed E-state index contributed by atoms with van der Waals surface area (Å²) in [5.41, 5.74) is 3.77. The van der Waals surface area contributed by atoms with Crippen molar-refractivity contribution >= 4 is 0 Å². The van der Waals surface area contributed by atoms with Gasteiger partial charge in [0.15, 0.2) is 0 Å². The molecule has 106 valence electrons.